The fraction of sp³-hybridized carbons (Fsp3) is 0.474. The number of pyridine rings is 1. The summed E-state index contributed by atoms with van der Waals surface area (Å²) in [6, 6.07) is 5.87. The van der Waals surface area contributed by atoms with Crippen LogP contribution in [0.3, 0.4) is 0 Å². The summed E-state index contributed by atoms with van der Waals surface area (Å²) >= 11 is 0. The van der Waals surface area contributed by atoms with Crippen LogP contribution < -0.4 is 14.8 Å². The summed E-state index contributed by atoms with van der Waals surface area (Å²) in [4.78, 5) is 18.0. The van der Waals surface area contributed by atoms with Crippen LogP contribution in [0.4, 0.5) is 0 Å². The van der Waals surface area contributed by atoms with Gasteiger partial charge >= 0.3 is 0 Å². The summed E-state index contributed by atoms with van der Waals surface area (Å²) in [5.41, 5.74) is 1.96. The predicted octanol–water partition coefficient (Wildman–Crippen LogP) is 2.78. The highest BCUT2D eigenvalue weighted by Gasteiger charge is 2.18. The highest BCUT2D eigenvalue weighted by molar-refractivity contribution is 5.87. The highest BCUT2D eigenvalue weighted by atomic mass is 35.5. The first-order chi connectivity index (χ1) is 12.2. The van der Waals surface area contributed by atoms with Gasteiger partial charge in [-0.3, -0.25) is 9.78 Å². The van der Waals surface area contributed by atoms with Gasteiger partial charge in [0.15, 0.2) is 0 Å². The zero-order chi connectivity index (χ0) is 17.6. The minimum atomic E-state index is 0. The molecule has 0 spiro atoms. The number of fused-ring (bicyclic) bond motifs is 1. The standard InChI is InChI=1S/C19H25N3O3.ClH/c1-24-15-10-17-16(18(11-15)25-2)9-14(13-21-17)12-20-6-4-8-22-7-3-5-19(22)23;/h9-11,13,20H,3-8,12H2,1-2H3;1H. The molecule has 0 unspecified atom stereocenters. The molecule has 2 aromatic rings. The Morgan fingerprint density at radius 2 is 2.08 bits per heavy atom. The van der Waals surface area contributed by atoms with Crippen molar-refractivity contribution >= 4 is 29.2 Å². The Morgan fingerprint density at radius 1 is 1.23 bits per heavy atom. The van der Waals surface area contributed by atoms with Crippen LogP contribution in [0, 0.1) is 0 Å². The lowest BCUT2D eigenvalue weighted by atomic mass is 10.1. The first kappa shape index (κ1) is 20.3. The molecule has 142 valence electrons. The molecule has 0 aliphatic carbocycles. The average Bonchev–Trinajstić information content (AvgIpc) is 3.05. The Balaban J connectivity index is 0.00000243. The Morgan fingerprint density at radius 3 is 2.77 bits per heavy atom. The molecule has 1 N–H and O–H groups in total. The van der Waals surface area contributed by atoms with Gasteiger partial charge in [-0.1, -0.05) is 0 Å². The summed E-state index contributed by atoms with van der Waals surface area (Å²) in [7, 11) is 3.29. The maximum absolute atomic E-state index is 11.6. The number of hydrogen-bond acceptors (Lipinski definition) is 5. The van der Waals surface area contributed by atoms with Crippen LogP contribution in [0.1, 0.15) is 24.8 Å². The van der Waals surface area contributed by atoms with Crippen molar-refractivity contribution < 1.29 is 14.3 Å². The van der Waals surface area contributed by atoms with Gasteiger partial charge in [0.25, 0.3) is 0 Å². The van der Waals surface area contributed by atoms with Crippen LogP contribution in [-0.4, -0.2) is 49.6 Å². The largest absolute Gasteiger partial charge is 0.497 e. The third-order valence-corrected chi connectivity index (χ3v) is 4.53. The average molecular weight is 380 g/mol. The van der Waals surface area contributed by atoms with Gasteiger partial charge in [-0.15, -0.1) is 12.4 Å². The number of nitrogens with one attached hydrogen (secondary N) is 1. The lowest BCUT2D eigenvalue weighted by molar-refractivity contribution is -0.127. The van der Waals surface area contributed by atoms with E-state index in [1.807, 2.05) is 23.2 Å². The molecule has 0 bridgehead atoms. The molecule has 0 atom stereocenters. The molecule has 1 aliphatic heterocycles. The van der Waals surface area contributed by atoms with Crippen LogP contribution in [0.15, 0.2) is 24.4 Å². The van der Waals surface area contributed by atoms with E-state index < -0.39 is 0 Å². The second-order valence-electron chi connectivity index (χ2n) is 6.25. The smallest absolute Gasteiger partial charge is 0.222 e. The van der Waals surface area contributed by atoms with Gasteiger partial charge in [-0.25, -0.2) is 0 Å². The molecule has 1 aromatic heterocycles. The number of halogens is 1. The number of carbonyl (C=O) groups excluding carboxylic acids is 1. The first-order valence-corrected chi connectivity index (χ1v) is 8.70. The van der Waals surface area contributed by atoms with Crippen molar-refractivity contribution in [3.05, 3.63) is 30.0 Å². The van der Waals surface area contributed by atoms with E-state index in [1.54, 1.807) is 14.2 Å². The van der Waals surface area contributed by atoms with E-state index in [0.717, 1.165) is 67.0 Å². The number of aromatic nitrogens is 1. The molecule has 0 radical (unpaired) electrons. The van der Waals surface area contributed by atoms with Crippen molar-refractivity contribution in [2.75, 3.05) is 33.9 Å². The van der Waals surface area contributed by atoms with Crippen molar-refractivity contribution in [2.45, 2.75) is 25.8 Å². The Hall–Kier alpha value is -2.05. The van der Waals surface area contributed by atoms with Gasteiger partial charge in [-0.05, 0) is 31.0 Å². The van der Waals surface area contributed by atoms with E-state index in [2.05, 4.69) is 16.4 Å². The van der Waals surface area contributed by atoms with E-state index in [0.29, 0.717) is 12.3 Å². The number of methoxy groups -OCH3 is 2. The van der Waals surface area contributed by atoms with E-state index in [-0.39, 0.29) is 12.4 Å². The van der Waals surface area contributed by atoms with Crippen molar-refractivity contribution in [3.63, 3.8) is 0 Å². The molecule has 1 saturated heterocycles. The molecule has 1 fully saturated rings. The molecule has 1 amide bonds. The molecule has 1 aromatic carbocycles. The molecule has 3 rings (SSSR count). The fourth-order valence-electron chi connectivity index (χ4n) is 3.17. The normalized spacial score (nSPS) is 13.8. The number of amides is 1. The molecule has 26 heavy (non-hydrogen) atoms. The number of likely N-dealkylation sites (tertiary alicyclic amines) is 1. The number of ether oxygens (including phenoxy) is 2. The lowest BCUT2D eigenvalue weighted by Crippen LogP contribution is -2.28. The van der Waals surface area contributed by atoms with Crippen LogP contribution in [-0.2, 0) is 11.3 Å². The van der Waals surface area contributed by atoms with E-state index in [4.69, 9.17) is 9.47 Å². The second kappa shape index (κ2) is 9.59. The van der Waals surface area contributed by atoms with E-state index in [9.17, 15) is 4.79 Å². The first-order valence-electron chi connectivity index (χ1n) is 8.70. The number of benzene rings is 1. The Kier molecular flexibility index (Phi) is 7.48. The van der Waals surface area contributed by atoms with E-state index in [1.165, 1.54) is 0 Å². The molecule has 2 heterocycles. The number of carbonyl (C=O) groups is 1. The molecular formula is C19H26ClN3O3. The summed E-state index contributed by atoms with van der Waals surface area (Å²) in [5.74, 6) is 1.79. The van der Waals surface area contributed by atoms with Crippen LogP contribution in [0.25, 0.3) is 10.9 Å². The van der Waals surface area contributed by atoms with E-state index >= 15 is 0 Å². The topological polar surface area (TPSA) is 63.7 Å². The van der Waals surface area contributed by atoms with Gasteiger partial charge < -0.3 is 19.7 Å². The summed E-state index contributed by atoms with van der Waals surface area (Å²) in [5, 5.41) is 4.40. The van der Waals surface area contributed by atoms with Gasteiger partial charge in [0.1, 0.15) is 11.5 Å². The summed E-state index contributed by atoms with van der Waals surface area (Å²) < 4.78 is 10.7. The molecule has 1 aliphatic rings. The maximum atomic E-state index is 11.6. The number of hydrogen-bond donors (Lipinski definition) is 1. The second-order valence-corrected chi connectivity index (χ2v) is 6.25. The molecule has 6 nitrogen and oxygen atoms in total. The Labute approximate surface area is 160 Å². The van der Waals surface area contributed by atoms with Crippen molar-refractivity contribution in [1.29, 1.82) is 0 Å². The Bertz CT molecular complexity index is 754. The zero-order valence-corrected chi connectivity index (χ0v) is 16.1. The predicted molar refractivity (Wildman–Crippen MR) is 104 cm³/mol. The third-order valence-electron chi connectivity index (χ3n) is 4.53. The SMILES string of the molecule is COc1cc(OC)c2cc(CNCCCN3CCCC3=O)cnc2c1.Cl. The monoisotopic (exact) mass is 379 g/mol. The quantitative estimate of drug-likeness (QED) is 0.714. The lowest BCUT2D eigenvalue weighted by Gasteiger charge is -2.15. The van der Waals surface area contributed by atoms with Crippen LogP contribution >= 0.6 is 12.4 Å². The van der Waals surface area contributed by atoms with Crippen molar-refractivity contribution in [3.8, 4) is 11.5 Å². The highest BCUT2D eigenvalue weighted by Crippen LogP contribution is 2.30. The minimum absolute atomic E-state index is 0. The summed E-state index contributed by atoms with van der Waals surface area (Å²) in [6.07, 6.45) is 4.55. The van der Waals surface area contributed by atoms with Gasteiger partial charge in [0, 0.05) is 49.8 Å². The fourth-order valence-corrected chi connectivity index (χ4v) is 3.17. The van der Waals surface area contributed by atoms with Crippen molar-refractivity contribution in [1.82, 2.24) is 15.2 Å². The zero-order valence-electron chi connectivity index (χ0n) is 15.3. The molecule has 7 heteroatoms. The van der Waals surface area contributed by atoms with Crippen LogP contribution in [0.2, 0.25) is 0 Å². The third kappa shape index (κ3) is 4.77. The summed E-state index contributed by atoms with van der Waals surface area (Å²) in [6.45, 7) is 3.37. The van der Waals surface area contributed by atoms with Crippen molar-refractivity contribution in [2.24, 2.45) is 0 Å². The number of nitrogens with zero attached hydrogens (tertiary/aromatic N) is 2. The maximum Gasteiger partial charge on any atom is 0.222 e. The minimum Gasteiger partial charge on any atom is -0.497 e. The number of rotatable bonds is 8. The molecule has 0 saturated carbocycles. The molecular weight excluding hydrogens is 354 g/mol. The van der Waals surface area contributed by atoms with Crippen LogP contribution in [0.5, 0.6) is 11.5 Å². The van der Waals surface area contributed by atoms with Gasteiger partial charge in [-0.2, -0.15) is 0 Å². The van der Waals surface area contributed by atoms with Gasteiger partial charge in [0.2, 0.25) is 5.91 Å². The van der Waals surface area contributed by atoms with Gasteiger partial charge in [0.05, 0.1) is 19.7 Å².